The van der Waals surface area contributed by atoms with Crippen molar-refractivity contribution < 1.29 is 14.7 Å². The van der Waals surface area contributed by atoms with E-state index >= 15 is 0 Å². The maximum absolute atomic E-state index is 12.2. The van der Waals surface area contributed by atoms with Gasteiger partial charge in [0.2, 0.25) is 5.91 Å². The van der Waals surface area contributed by atoms with Gasteiger partial charge in [-0.2, -0.15) is 0 Å². The lowest BCUT2D eigenvalue weighted by molar-refractivity contribution is -0.115. The zero-order valence-electron chi connectivity index (χ0n) is 17.7. The third kappa shape index (κ3) is 5.52. The highest BCUT2D eigenvalue weighted by Gasteiger charge is 2.14. The minimum absolute atomic E-state index is 0.125. The zero-order chi connectivity index (χ0) is 23.0. The molecule has 160 valence electrons. The van der Waals surface area contributed by atoms with Crippen LogP contribution in [0.5, 0.6) is 0 Å². The fraction of sp³-hybridized carbons (Fsp3) is 0.0357. The number of rotatable bonds is 5. The van der Waals surface area contributed by atoms with Crippen LogP contribution in [0.3, 0.4) is 0 Å². The summed E-state index contributed by atoms with van der Waals surface area (Å²) in [6.45, 7) is 0. The summed E-state index contributed by atoms with van der Waals surface area (Å²) in [5.74, 6) is 5.08. The summed E-state index contributed by atoms with van der Waals surface area (Å²) in [6, 6.07) is 25.3. The fourth-order valence-corrected chi connectivity index (χ4v) is 3.42. The molecule has 5 nitrogen and oxygen atoms in total. The van der Waals surface area contributed by atoms with E-state index in [0.717, 1.165) is 16.7 Å². The first-order valence-corrected chi connectivity index (χ1v) is 10.3. The summed E-state index contributed by atoms with van der Waals surface area (Å²) in [4.78, 5) is 28.0. The third-order valence-corrected chi connectivity index (χ3v) is 4.95. The Labute approximate surface area is 191 Å². The molecule has 3 aromatic carbocycles. The van der Waals surface area contributed by atoms with Crippen LogP contribution in [0.4, 0.5) is 5.69 Å². The molecule has 1 amide bonds. The summed E-state index contributed by atoms with van der Waals surface area (Å²) >= 11 is 0. The van der Waals surface area contributed by atoms with Crippen molar-refractivity contribution in [3.05, 3.63) is 120 Å². The fourth-order valence-electron chi connectivity index (χ4n) is 3.42. The highest BCUT2D eigenvalue weighted by Crippen LogP contribution is 2.27. The lowest BCUT2D eigenvalue weighted by atomic mass is 9.94. The molecule has 0 fully saturated rings. The van der Waals surface area contributed by atoms with Crippen molar-refractivity contribution in [3.63, 3.8) is 0 Å². The number of carboxylic acids is 1. The van der Waals surface area contributed by atoms with Gasteiger partial charge in [0.1, 0.15) is 0 Å². The monoisotopic (exact) mass is 432 g/mol. The first-order chi connectivity index (χ1) is 16.1. The quantitative estimate of drug-likeness (QED) is 0.434. The Balaban J connectivity index is 1.54. The van der Waals surface area contributed by atoms with E-state index in [9.17, 15) is 14.7 Å². The van der Waals surface area contributed by atoms with Gasteiger partial charge in [0, 0.05) is 34.8 Å². The molecule has 0 unspecified atom stereocenters. The first kappa shape index (κ1) is 21.5. The predicted molar refractivity (Wildman–Crippen MR) is 128 cm³/mol. The molecule has 0 atom stereocenters. The molecular formula is C28H20N2O3. The number of carbonyl (C=O) groups excluding carboxylic acids is 1. The number of aromatic nitrogens is 1. The Morgan fingerprint density at radius 3 is 2.33 bits per heavy atom. The first-order valence-electron chi connectivity index (χ1n) is 10.3. The number of carbonyl (C=O) groups is 2. The molecule has 0 aliphatic heterocycles. The zero-order valence-corrected chi connectivity index (χ0v) is 17.7. The van der Waals surface area contributed by atoms with Gasteiger partial charge in [-0.25, -0.2) is 4.79 Å². The Bertz CT molecular complexity index is 1340. The van der Waals surface area contributed by atoms with Gasteiger partial charge < -0.3 is 10.4 Å². The SMILES string of the molecule is O=C(Cc1cccnc1)Nc1ccc(C#Cc2cccc(C(=O)O)c2-c2ccccc2)cc1. The summed E-state index contributed by atoms with van der Waals surface area (Å²) in [5, 5.41) is 12.5. The van der Waals surface area contributed by atoms with Crippen molar-refractivity contribution in [3.8, 4) is 23.0 Å². The Kier molecular flexibility index (Phi) is 6.58. The molecule has 0 spiro atoms. The standard InChI is InChI=1S/C28H20N2O3/c31-26(18-21-6-5-17-29-19-21)30-24-15-12-20(13-16-24)11-14-23-9-4-10-25(28(32)33)27(23)22-7-2-1-3-8-22/h1-10,12-13,15-17,19H,18H2,(H,30,31)(H,32,33). The molecule has 0 bridgehead atoms. The highest BCUT2D eigenvalue weighted by atomic mass is 16.4. The van der Waals surface area contributed by atoms with Gasteiger partial charge in [-0.1, -0.05) is 54.3 Å². The summed E-state index contributed by atoms with van der Waals surface area (Å²) < 4.78 is 0. The van der Waals surface area contributed by atoms with Crippen molar-refractivity contribution in [2.24, 2.45) is 0 Å². The lowest BCUT2D eigenvalue weighted by Gasteiger charge is -2.09. The van der Waals surface area contributed by atoms with Crippen molar-refractivity contribution in [1.29, 1.82) is 0 Å². The van der Waals surface area contributed by atoms with Gasteiger partial charge in [0.15, 0.2) is 0 Å². The van der Waals surface area contributed by atoms with Crippen LogP contribution in [0, 0.1) is 11.8 Å². The van der Waals surface area contributed by atoms with Crippen molar-refractivity contribution >= 4 is 17.6 Å². The van der Waals surface area contributed by atoms with Gasteiger partial charge in [-0.15, -0.1) is 0 Å². The molecule has 4 rings (SSSR count). The van der Waals surface area contributed by atoms with Crippen LogP contribution in [0.15, 0.2) is 97.3 Å². The van der Waals surface area contributed by atoms with Crippen LogP contribution in [-0.4, -0.2) is 22.0 Å². The van der Waals surface area contributed by atoms with Gasteiger partial charge in [0.05, 0.1) is 12.0 Å². The maximum Gasteiger partial charge on any atom is 0.336 e. The molecule has 1 aromatic heterocycles. The normalized spacial score (nSPS) is 10.1. The largest absolute Gasteiger partial charge is 0.478 e. The van der Waals surface area contributed by atoms with Crippen LogP contribution in [-0.2, 0) is 11.2 Å². The van der Waals surface area contributed by atoms with Gasteiger partial charge in [-0.3, -0.25) is 9.78 Å². The van der Waals surface area contributed by atoms with E-state index in [-0.39, 0.29) is 17.9 Å². The number of nitrogens with one attached hydrogen (secondary N) is 1. The number of carboxylic acid groups (broad SMARTS) is 1. The van der Waals surface area contributed by atoms with Crippen molar-refractivity contribution in [2.75, 3.05) is 5.32 Å². The van der Waals surface area contributed by atoms with Crippen molar-refractivity contribution in [1.82, 2.24) is 4.98 Å². The van der Waals surface area contributed by atoms with E-state index in [4.69, 9.17) is 0 Å². The topological polar surface area (TPSA) is 79.3 Å². The molecule has 0 aliphatic carbocycles. The van der Waals surface area contributed by atoms with Gasteiger partial charge >= 0.3 is 5.97 Å². The van der Waals surface area contributed by atoms with Gasteiger partial charge in [0.25, 0.3) is 0 Å². The van der Waals surface area contributed by atoms with Crippen LogP contribution < -0.4 is 5.32 Å². The molecule has 0 radical (unpaired) electrons. The minimum atomic E-state index is -0.996. The molecule has 2 N–H and O–H groups in total. The molecule has 4 aromatic rings. The maximum atomic E-state index is 12.2. The van der Waals surface area contributed by atoms with E-state index in [1.165, 1.54) is 0 Å². The Hall–Kier alpha value is -4.69. The third-order valence-electron chi connectivity index (χ3n) is 4.95. The number of benzene rings is 3. The van der Waals surface area contributed by atoms with E-state index < -0.39 is 5.97 Å². The second-order valence-electron chi connectivity index (χ2n) is 7.31. The second kappa shape index (κ2) is 10.1. The van der Waals surface area contributed by atoms with Crippen LogP contribution in [0.25, 0.3) is 11.1 Å². The van der Waals surface area contributed by atoms with E-state index in [1.807, 2.05) is 54.6 Å². The molecule has 0 aliphatic rings. The average molecular weight is 432 g/mol. The number of hydrogen-bond donors (Lipinski definition) is 2. The summed E-state index contributed by atoms with van der Waals surface area (Å²) in [5.41, 5.74) is 4.50. The Morgan fingerprint density at radius 2 is 1.64 bits per heavy atom. The smallest absolute Gasteiger partial charge is 0.336 e. The summed E-state index contributed by atoms with van der Waals surface area (Å²) in [6.07, 6.45) is 3.58. The Morgan fingerprint density at radius 1 is 0.848 bits per heavy atom. The number of pyridine rings is 1. The van der Waals surface area contributed by atoms with Crippen molar-refractivity contribution in [2.45, 2.75) is 6.42 Å². The number of anilines is 1. The number of hydrogen-bond acceptors (Lipinski definition) is 3. The van der Waals surface area contributed by atoms with E-state index in [1.54, 1.807) is 42.7 Å². The molecule has 0 saturated heterocycles. The molecule has 33 heavy (non-hydrogen) atoms. The molecule has 5 heteroatoms. The van der Waals surface area contributed by atoms with Gasteiger partial charge in [-0.05, 0) is 53.6 Å². The average Bonchev–Trinajstić information content (AvgIpc) is 2.84. The predicted octanol–water partition coefficient (Wildman–Crippen LogP) is 5.03. The van der Waals surface area contributed by atoms with Crippen LogP contribution in [0.1, 0.15) is 27.0 Å². The van der Waals surface area contributed by atoms with Crippen LogP contribution >= 0.6 is 0 Å². The van der Waals surface area contributed by atoms with E-state index in [2.05, 4.69) is 22.1 Å². The highest BCUT2D eigenvalue weighted by molar-refractivity contribution is 5.98. The van der Waals surface area contributed by atoms with Crippen LogP contribution in [0.2, 0.25) is 0 Å². The minimum Gasteiger partial charge on any atom is -0.478 e. The molecule has 0 saturated carbocycles. The molecular weight excluding hydrogens is 412 g/mol. The number of amides is 1. The van der Waals surface area contributed by atoms with E-state index in [0.29, 0.717) is 16.8 Å². The summed E-state index contributed by atoms with van der Waals surface area (Å²) in [7, 11) is 0. The second-order valence-corrected chi connectivity index (χ2v) is 7.31. The number of aromatic carboxylic acids is 1. The molecule has 1 heterocycles. The number of nitrogens with zero attached hydrogens (tertiary/aromatic N) is 1. The lowest BCUT2D eigenvalue weighted by Crippen LogP contribution is -2.14.